The Balaban J connectivity index is 4.56. The van der Waals surface area contributed by atoms with Gasteiger partial charge in [-0.25, -0.2) is 9.59 Å². The number of hydrogen-bond acceptors (Lipinski definition) is 13. The predicted octanol–water partition coefficient (Wildman–Crippen LogP) is -0.224. The second kappa shape index (κ2) is 37.0. The number of carbonyl (C=O) groups excluding carboxylic acids is 8. The molecule has 0 saturated carbocycles. The van der Waals surface area contributed by atoms with E-state index in [0.717, 1.165) is 70.6 Å². The molecule has 24 heteroatoms. The smallest absolute Gasteiger partial charge is 0.326 e. The fraction of sp³-hybridized carbons (Fsp3) is 0.721. The van der Waals surface area contributed by atoms with Gasteiger partial charge in [0.15, 0.2) is 0 Å². The van der Waals surface area contributed by atoms with Crippen LogP contribution in [0, 0.1) is 0 Å². The molecule has 0 unspecified atom stereocenters. The molecule has 12 N–H and O–H groups in total. The molecule has 24 nitrogen and oxygen atoms in total. The summed E-state index contributed by atoms with van der Waals surface area (Å²) in [5.74, 6) is -11.4. The molecule has 0 heterocycles. The lowest BCUT2D eigenvalue weighted by Crippen LogP contribution is -2.56. The lowest BCUT2D eigenvalue weighted by atomic mass is 10.0. The minimum atomic E-state index is -1.57. The molecule has 0 aliphatic heterocycles. The first-order chi connectivity index (χ1) is 31.7. The summed E-state index contributed by atoms with van der Waals surface area (Å²) in [6, 6.07) is -6.04. The third-order valence-corrected chi connectivity index (χ3v) is 10.1. The molecule has 0 saturated heterocycles. The number of amides is 7. The van der Waals surface area contributed by atoms with Crippen molar-refractivity contribution < 1.29 is 83.1 Å². The Hall–Kier alpha value is -6.20. The van der Waals surface area contributed by atoms with E-state index in [4.69, 9.17) is 10.2 Å². The first-order valence-corrected chi connectivity index (χ1v) is 22.7. The van der Waals surface area contributed by atoms with Gasteiger partial charge in [-0.2, -0.15) is 0 Å². The molecule has 0 spiro atoms. The molecule has 0 fully saturated rings. The lowest BCUT2D eigenvalue weighted by molar-refractivity contribution is -0.143. The van der Waals surface area contributed by atoms with Crippen LogP contribution >= 0.6 is 0 Å². The van der Waals surface area contributed by atoms with Crippen molar-refractivity contribution in [2.45, 2.75) is 172 Å². The van der Waals surface area contributed by atoms with Crippen LogP contribution in [0.4, 0.5) is 0 Å². The summed E-state index contributed by atoms with van der Waals surface area (Å²) in [7, 11) is 0. The summed E-state index contributed by atoms with van der Waals surface area (Å²) in [6.45, 7) is -1.53. The monoisotopic (exact) mass is 957 g/mol. The van der Waals surface area contributed by atoms with Gasteiger partial charge in [0.1, 0.15) is 30.0 Å². The number of carboxylic acids is 4. The molecular weight excluding hydrogens is 887 g/mol. The van der Waals surface area contributed by atoms with E-state index in [1.165, 1.54) is 19.8 Å². The molecule has 0 aliphatic carbocycles. The van der Waals surface area contributed by atoms with Crippen molar-refractivity contribution >= 4 is 71.0 Å². The highest BCUT2D eigenvalue weighted by atomic mass is 16.4. The molecule has 0 aromatic rings. The Morgan fingerprint density at radius 2 is 0.746 bits per heavy atom. The molecule has 0 bridgehead atoms. The Bertz CT molecular complexity index is 1640. The number of aliphatic hydroxyl groups is 1. The van der Waals surface area contributed by atoms with Crippen molar-refractivity contribution in [3.05, 3.63) is 0 Å². The molecule has 380 valence electrons. The van der Waals surface area contributed by atoms with Crippen LogP contribution in [0.5, 0.6) is 0 Å². The first-order valence-electron chi connectivity index (χ1n) is 22.7. The summed E-state index contributed by atoms with van der Waals surface area (Å²) in [5.41, 5.74) is 0. The summed E-state index contributed by atoms with van der Waals surface area (Å²) >= 11 is 0. The Labute approximate surface area is 389 Å². The van der Waals surface area contributed by atoms with E-state index in [1.807, 2.05) is 0 Å². The molecule has 4 atom stereocenters. The number of aliphatic hydroxyl groups excluding tert-OH is 1. The van der Waals surface area contributed by atoms with Crippen LogP contribution in [0.3, 0.4) is 0 Å². The quantitative estimate of drug-likeness (QED) is 0.0352. The molecule has 0 radical (unpaired) electrons. The van der Waals surface area contributed by atoms with E-state index in [1.54, 1.807) is 0 Å². The average molecular weight is 958 g/mol. The normalized spacial score (nSPS) is 12.5. The highest BCUT2D eigenvalue weighted by molar-refractivity contribution is 5.95. The summed E-state index contributed by atoms with van der Waals surface area (Å²) in [5, 5.41) is 61.8. The lowest BCUT2D eigenvalue weighted by Gasteiger charge is -2.21. The number of ketones is 1. The van der Waals surface area contributed by atoms with E-state index < -0.39 is 147 Å². The van der Waals surface area contributed by atoms with Crippen molar-refractivity contribution in [3.8, 4) is 0 Å². The Morgan fingerprint density at radius 3 is 1.19 bits per heavy atom. The van der Waals surface area contributed by atoms with Crippen LogP contribution in [0.2, 0.25) is 0 Å². The summed E-state index contributed by atoms with van der Waals surface area (Å²) in [4.78, 5) is 143. The number of rotatable bonds is 41. The number of aliphatic carboxylic acids is 4. The third kappa shape index (κ3) is 33.9. The largest absolute Gasteiger partial charge is 0.481 e. The molecular formula is C43H71N7O17. The maximum atomic E-state index is 12.7. The minimum absolute atomic E-state index is 0.103. The van der Waals surface area contributed by atoms with Crippen LogP contribution in [0.1, 0.15) is 148 Å². The van der Waals surface area contributed by atoms with E-state index >= 15 is 0 Å². The zero-order valence-corrected chi connectivity index (χ0v) is 38.3. The number of nitrogens with one attached hydrogen (secondary N) is 7. The van der Waals surface area contributed by atoms with Crippen molar-refractivity contribution in [1.82, 2.24) is 37.2 Å². The van der Waals surface area contributed by atoms with Crippen molar-refractivity contribution in [1.29, 1.82) is 0 Å². The molecule has 0 aromatic heterocycles. The van der Waals surface area contributed by atoms with E-state index in [-0.39, 0.29) is 25.8 Å². The number of unbranched alkanes of at least 4 members (excludes halogenated alkanes) is 13. The van der Waals surface area contributed by atoms with Crippen LogP contribution < -0.4 is 37.2 Å². The Morgan fingerprint density at radius 1 is 0.358 bits per heavy atom. The molecule has 0 rings (SSSR count). The average Bonchev–Trinajstić information content (AvgIpc) is 3.26. The highest BCUT2D eigenvalue weighted by Crippen LogP contribution is 2.14. The van der Waals surface area contributed by atoms with Gasteiger partial charge >= 0.3 is 23.9 Å². The second-order valence-corrected chi connectivity index (χ2v) is 16.1. The van der Waals surface area contributed by atoms with Gasteiger partial charge in [-0.3, -0.25) is 47.9 Å². The topological polar surface area (TPSA) is 390 Å². The zero-order valence-electron chi connectivity index (χ0n) is 38.3. The standard InChI is InChI=1S/C43H71N7O17/c1-28(52)24-46-40(62)32(27-51)50-41(63)29(20-23-39(60)61)47-37(57)26-45-36(56)25-44-33(53)21-18-30(42(64)65)49-35(55)22-19-31(43(66)67)48-34(54)16-14-12-10-8-6-4-2-3-5-7-9-11-13-15-17-38(58)59/h29-32,51H,2-27H2,1H3,(H,44,53)(H,45,56)(H,46,62)(H,47,57)(H,48,54)(H,49,55)(H,50,63)(H,58,59)(H,60,61)(H,64,65)(H,66,67)/t29-,30-,31-,32-/m0/s1. The van der Waals surface area contributed by atoms with Crippen LogP contribution in [-0.4, -0.2) is 147 Å². The summed E-state index contributed by atoms with van der Waals surface area (Å²) < 4.78 is 0. The zero-order chi connectivity index (χ0) is 50.6. The van der Waals surface area contributed by atoms with Gasteiger partial charge in [0.2, 0.25) is 41.4 Å². The predicted molar refractivity (Wildman–Crippen MR) is 237 cm³/mol. The van der Waals surface area contributed by atoms with Gasteiger partial charge in [0, 0.05) is 32.1 Å². The fourth-order valence-electron chi connectivity index (χ4n) is 6.37. The molecule has 0 aromatic carbocycles. The van der Waals surface area contributed by atoms with Crippen molar-refractivity contribution in [3.63, 3.8) is 0 Å². The molecule has 67 heavy (non-hydrogen) atoms. The van der Waals surface area contributed by atoms with Gasteiger partial charge in [-0.1, -0.05) is 77.0 Å². The van der Waals surface area contributed by atoms with E-state index in [9.17, 15) is 72.9 Å². The van der Waals surface area contributed by atoms with Crippen molar-refractivity contribution in [2.24, 2.45) is 0 Å². The van der Waals surface area contributed by atoms with Gasteiger partial charge in [0.05, 0.1) is 26.2 Å². The SMILES string of the molecule is CC(=O)CNC(=O)[C@H](CO)NC(=O)[C@H](CCC(=O)O)NC(=O)CNC(=O)CNC(=O)CC[C@H](NC(=O)CC[C@H](NC(=O)CCCCCCCCCCCCCCCCC(=O)O)C(=O)O)C(=O)O. The number of carboxylic acid groups (broad SMARTS) is 4. The van der Waals surface area contributed by atoms with Gasteiger partial charge in [-0.05, 0) is 39.0 Å². The highest BCUT2D eigenvalue weighted by Gasteiger charge is 2.28. The van der Waals surface area contributed by atoms with Crippen LogP contribution in [-0.2, 0) is 57.5 Å². The van der Waals surface area contributed by atoms with E-state index in [0.29, 0.717) is 6.42 Å². The summed E-state index contributed by atoms with van der Waals surface area (Å²) in [6.07, 6.45) is 11.7. The molecule has 7 amide bonds. The van der Waals surface area contributed by atoms with Gasteiger partial charge in [-0.15, -0.1) is 0 Å². The van der Waals surface area contributed by atoms with Gasteiger partial charge in [0.25, 0.3) is 0 Å². The third-order valence-electron chi connectivity index (χ3n) is 10.1. The number of hydrogen-bond donors (Lipinski definition) is 12. The van der Waals surface area contributed by atoms with Gasteiger partial charge < -0.3 is 62.8 Å². The number of carbonyl (C=O) groups is 12. The Kier molecular flexibility index (Phi) is 33.5. The van der Waals surface area contributed by atoms with E-state index in [2.05, 4.69) is 37.2 Å². The van der Waals surface area contributed by atoms with Crippen molar-refractivity contribution in [2.75, 3.05) is 26.2 Å². The first kappa shape index (κ1) is 60.8. The van der Waals surface area contributed by atoms with Crippen LogP contribution in [0.25, 0.3) is 0 Å². The minimum Gasteiger partial charge on any atom is -0.481 e. The maximum absolute atomic E-state index is 12.7. The number of Topliss-reactive ketones (excluding diaryl/α,β-unsaturated/α-hetero) is 1. The van der Waals surface area contributed by atoms with Crippen LogP contribution in [0.15, 0.2) is 0 Å². The fourth-order valence-corrected chi connectivity index (χ4v) is 6.37. The maximum Gasteiger partial charge on any atom is 0.326 e. The second-order valence-electron chi connectivity index (χ2n) is 16.1. The molecule has 0 aliphatic rings.